The Morgan fingerprint density at radius 1 is 1.38 bits per heavy atom. The van der Waals surface area contributed by atoms with Crippen molar-refractivity contribution in [1.29, 1.82) is 0 Å². The summed E-state index contributed by atoms with van der Waals surface area (Å²) in [4.78, 5) is 19.7. The number of pyridine rings is 1. The number of halogens is 3. The van der Waals surface area contributed by atoms with Crippen LogP contribution in [0.5, 0.6) is 0 Å². The number of H-pyrrole nitrogens is 1. The predicted octanol–water partition coefficient (Wildman–Crippen LogP) is 3.68. The summed E-state index contributed by atoms with van der Waals surface area (Å²) in [5, 5.41) is 3.47. The van der Waals surface area contributed by atoms with Gasteiger partial charge in [0, 0.05) is 17.1 Å². The molecule has 1 fully saturated rings. The van der Waals surface area contributed by atoms with Crippen molar-refractivity contribution in [1.82, 2.24) is 15.3 Å². The lowest BCUT2D eigenvalue weighted by Crippen LogP contribution is -2.47. The third-order valence-electron chi connectivity index (χ3n) is 4.79. The number of anilines is 1. The molecule has 3 aromatic rings. The third-order valence-corrected chi connectivity index (χ3v) is 4.79. The van der Waals surface area contributed by atoms with Crippen LogP contribution in [0.1, 0.15) is 28.8 Å². The second-order valence-electron chi connectivity index (χ2n) is 6.81. The van der Waals surface area contributed by atoms with E-state index in [0.29, 0.717) is 23.7 Å². The maximum absolute atomic E-state index is 13.2. The van der Waals surface area contributed by atoms with Gasteiger partial charge in [-0.05, 0) is 37.8 Å². The van der Waals surface area contributed by atoms with E-state index in [9.17, 15) is 18.0 Å². The molecule has 0 spiro atoms. The molecular formula is C18H17F3N4O. The second-order valence-corrected chi connectivity index (χ2v) is 6.81. The van der Waals surface area contributed by atoms with E-state index in [-0.39, 0.29) is 11.4 Å². The number of amides is 1. The van der Waals surface area contributed by atoms with Crippen LogP contribution in [0, 0.1) is 12.8 Å². The Hall–Kier alpha value is -2.77. The summed E-state index contributed by atoms with van der Waals surface area (Å²) in [7, 11) is 0. The highest BCUT2D eigenvalue weighted by Gasteiger charge is 2.49. The van der Waals surface area contributed by atoms with E-state index in [2.05, 4.69) is 15.3 Å². The summed E-state index contributed by atoms with van der Waals surface area (Å²) in [6, 6.07) is 3.80. The minimum Gasteiger partial charge on any atom is -0.383 e. The Kier molecular flexibility index (Phi) is 3.61. The fraction of sp³-hybridized carbons (Fsp3) is 0.333. The van der Waals surface area contributed by atoms with Gasteiger partial charge in [0.1, 0.15) is 11.9 Å². The van der Waals surface area contributed by atoms with Crippen LogP contribution in [0.15, 0.2) is 24.4 Å². The van der Waals surface area contributed by atoms with Crippen LogP contribution in [0.25, 0.3) is 21.8 Å². The number of aryl methyl sites for hydroxylation is 1. The van der Waals surface area contributed by atoms with Crippen LogP contribution in [-0.4, -0.2) is 28.1 Å². The average Bonchev–Trinajstić information content (AvgIpc) is 3.32. The minimum absolute atomic E-state index is 0.0537. The van der Waals surface area contributed by atoms with Gasteiger partial charge in [-0.25, -0.2) is 4.98 Å². The molecule has 4 rings (SSSR count). The van der Waals surface area contributed by atoms with Gasteiger partial charge in [0.15, 0.2) is 0 Å². The van der Waals surface area contributed by atoms with Gasteiger partial charge >= 0.3 is 6.18 Å². The average molecular weight is 362 g/mol. The number of nitrogens with two attached hydrogens (primary N) is 1. The van der Waals surface area contributed by atoms with E-state index in [1.54, 1.807) is 0 Å². The molecule has 0 saturated heterocycles. The predicted molar refractivity (Wildman–Crippen MR) is 92.8 cm³/mol. The van der Waals surface area contributed by atoms with Crippen molar-refractivity contribution < 1.29 is 18.0 Å². The molecule has 2 heterocycles. The summed E-state index contributed by atoms with van der Waals surface area (Å²) in [6.45, 7) is 1.92. The van der Waals surface area contributed by atoms with E-state index < -0.39 is 24.0 Å². The molecule has 0 aliphatic heterocycles. The number of nitrogen functional groups attached to an aromatic ring is 1. The maximum atomic E-state index is 13.2. The van der Waals surface area contributed by atoms with Gasteiger partial charge < -0.3 is 16.0 Å². The Morgan fingerprint density at radius 3 is 2.77 bits per heavy atom. The number of carbonyl (C=O) groups excluding carboxylic acids is 1. The summed E-state index contributed by atoms with van der Waals surface area (Å²) in [6.07, 6.45) is -2.33. The summed E-state index contributed by atoms with van der Waals surface area (Å²) >= 11 is 0. The number of aromatic amines is 1. The lowest BCUT2D eigenvalue weighted by molar-refractivity contribution is -0.158. The fourth-order valence-corrected chi connectivity index (χ4v) is 3.32. The number of nitrogens with zero attached hydrogens (tertiary/aromatic N) is 1. The van der Waals surface area contributed by atoms with Crippen molar-refractivity contribution in [2.75, 3.05) is 5.73 Å². The molecule has 26 heavy (non-hydrogen) atoms. The first-order valence-electron chi connectivity index (χ1n) is 8.30. The smallest absolute Gasteiger partial charge is 0.383 e. The van der Waals surface area contributed by atoms with Gasteiger partial charge in [0.25, 0.3) is 5.91 Å². The van der Waals surface area contributed by atoms with Crippen LogP contribution < -0.4 is 11.1 Å². The monoisotopic (exact) mass is 362 g/mol. The standard InChI is InChI=1S/C18H17F3N4O/c1-8-2-5-12-10(6-8)13-14(24-12)11(7-23-16(13)22)17(26)25-15(9-3-4-9)18(19,20)21/h2,5-7,9,15,24H,3-4H2,1H3,(H2,22,23)(H,25,26)/t15-/m1/s1. The van der Waals surface area contributed by atoms with Gasteiger partial charge in [0.2, 0.25) is 0 Å². The van der Waals surface area contributed by atoms with Crippen molar-refractivity contribution in [2.24, 2.45) is 5.92 Å². The highest BCUT2D eigenvalue weighted by atomic mass is 19.4. The van der Waals surface area contributed by atoms with Crippen LogP contribution in [0.3, 0.4) is 0 Å². The quantitative estimate of drug-likeness (QED) is 0.665. The molecule has 1 aliphatic rings. The maximum Gasteiger partial charge on any atom is 0.408 e. The van der Waals surface area contributed by atoms with E-state index in [0.717, 1.165) is 16.5 Å². The first kappa shape index (κ1) is 16.7. The third kappa shape index (κ3) is 2.75. The molecule has 5 nitrogen and oxygen atoms in total. The molecule has 1 atom stereocenters. The Morgan fingerprint density at radius 2 is 2.12 bits per heavy atom. The van der Waals surface area contributed by atoms with Crippen LogP contribution in [-0.2, 0) is 0 Å². The molecule has 136 valence electrons. The van der Waals surface area contributed by atoms with Gasteiger partial charge in [-0.2, -0.15) is 13.2 Å². The first-order chi connectivity index (χ1) is 12.3. The van der Waals surface area contributed by atoms with Crippen molar-refractivity contribution in [2.45, 2.75) is 32.0 Å². The number of nitrogens with one attached hydrogen (secondary N) is 2. The summed E-state index contributed by atoms with van der Waals surface area (Å²) in [5.74, 6) is -1.13. The second kappa shape index (κ2) is 5.62. The number of benzene rings is 1. The number of carbonyl (C=O) groups is 1. The Labute approximate surface area is 146 Å². The molecule has 4 N–H and O–H groups in total. The topological polar surface area (TPSA) is 83.8 Å². The van der Waals surface area contributed by atoms with E-state index in [1.807, 2.05) is 25.1 Å². The fourth-order valence-electron chi connectivity index (χ4n) is 3.32. The number of alkyl halides is 3. The van der Waals surface area contributed by atoms with E-state index >= 15 is 0 Å². The zero-order valence-electron chi connectivity index (χ0n) is 13.9. The highest BCUT2D eigenvalue weighted by Crippen LogP contribution is 2.40. The van der Waals surface area contributed by atoms with Gasteiger partial charge in [-0.3, -0.25) is 4.79 Å². The SMILES string of the molecule is Cc1ccc2[nH]c3c(C(=O)N[C@H](C4CC4)C(F)(F)F)cnc(N)c3c2c1. The largest absolute Gasteiger partial charge is 0.408 e. The Balaban J connectivity index is 1.80. The zero-order chi connectivity index (χ0) is 18.6. The van der Waals surface area contributed by atoms with E-state index in [4.69, 9.17) is 5.73 Å². The molecule has 2 aromatic heterocycles. The Bertz CT molecular complexity index is 1020. The van der Waals surface area contributed by atoms with Crippen LogP contribution in [0.2, 0.25) is 0 Å². The van der Waals surface area contributed by atoms with Gasteiger partial charge in [-0.15, -0.1) is 0 Å². The van der Waals surface area contributed by atoms with Crippen molar-refractivity contribution >= 4 is 33.5 Å². The number of fused-ring (bicyclic) bond motifs is 3. The molecular weight excluding hydrogens is 345 g/mol. The molecule has 8 heteroatoms. The summed E-state index contributed by atoms with van der Waals surface area (Å²) in [5.41, 5.74) is 8.16. The number of hydrogen-bond acceptors (Lipinski definition) is 3. The molecule has 1 amide bonds. The van der Waals surface area contributed by atoms with Crippen molar-refractivity contribution in [3.05, 3.63) is 35.5 Å². The molecule has 1 saturated carbocycles. The highest BCUT2D eigenvalue weighted by molar-refractivity contribution is 6.18. The van der Waals surface area contributed by atoms with Gasteiger partial charge in [-0.1, -0.05) is 11.6 Å². The van der Waals surface area contributed by atoms with E-state index in [1.165, 1.54) is 6.20 Å². The van der Waals surface area contributed by atoms with Crippen molar-refractivity contribution in [3.8, 4) is 0 Å². The molecule has 1 aliphatic carbocycles. The molecule has 0 unspecified atom stereocenters. The minimum atomic E-state index is -4.48. The summed E-state index contributed by atoms with van der Waals surface area (Å²) < 4.78 is 39.7. The van der Waals surface area contributed by atoms with Gasteiger partial charge in [0.05, 0.1) is 16.5 Å². The molecule has 0 radical (unpaired) electrons. The number of hydrogen-bond donors (Lipinski definition) is 3. The lowest BCUT2D eigenvalue weighted by Gasteiger charge is -2.21. The lowest BCUT2D eigenvalue weighted by atomic mass is 10.1. The first-order valence-corrected chi connectivity index (χ1v) is 8.30. The molecule has 0 bridgehead atoms. The normalized spacial score (nSPS) is 16.2. The number of rotatable bonds is 3. The number of aromatic nitrogens is 2. The van der Waals surface area contributed by atoms with Crippen LogP contribution >= 0.6 is 0 Å². The van der Waals surface area contributed by atoms with Crippen LogP contribution in [0.4, 0.5) is 19.0 Å². The van der Waals surface area contributed by atoms with Crippen molar-refractivity contribution in [3.63, 3.8) is 0 Å². The molecule has 1 aromatic carbocycles. The zero-order valence-corrected chi connectivity index (χ0v) is 13.9.